The van der Waals surface area contributed by atoms with E-state index in [-0.39, 0.29) is 22.8 Å². The van der Waals surface area contributed by atoms with Gasteiger partial charge in [0.1, 0.15) is 11.5 Å². The minimum Gasteiger partial charge on any atom is -0.497 e. The number of rotatable bonds is 3. The Morgan fingerprint density at radius 1 is 1.29 bits per heavy atom. The standard InChI is InChI=1S/C13H16N2O4S2/c1-18-8-3-4-9(11(5-8)19-2)15-10-6-21(16,17)7-12(10)20-13(15)14/h3-5,10,12,14H,6-7H2,1-2H3. The van der Waals surface area contributed by atoms with Gasteiger partial charge in [-0.3, -0.25) is 5.41 Å². The van der Waals surface area contributed by atoms with Gasteiger partial charge in [0.15, 0.2) is 15.0 Å². The van der Waals surface area contributed by atoms with Gasteiger partial charge in [-0.05, 0) is 12.1 Å². The fraction of sp³-hybridized carbons (Fsp3) is 0.462. The number of sulfone groups is 1. The zero-order valence-corrected chi connectivity index (χ0v) is 13.3. The lowest BCUT2D eigenvalue weighted by Crippen LogP contribution is -2.37. The van der Waals surface area contributed by atoms with E-state index < -0.39 is 9.84 Å². The molecule has 2 fully saturated rings. The number of hydrogen-bond acceptors (Lipinski definition) is 6. The van der Waals surface area contributed by atoms with Gasteiger partial charge in [-0.25, -0.2) is 8.42 Å². The fourth-order valence-electron chi connectivity index (χ4n) is 2.77. The Bertz CT molecular complexity index is 689. The third kappa shape index (κ3) is 2.46. The minimum absolute atomic E-state index is 0.0747. The molecule has 2 aliphatic heterocycles. The molecule has 8 heteroatoms. The molecule has 1 N–H and O–H groups in total. The van der Waals surface area contributed by atoms with Crippen molar-refractivity contribution in [2.45, 2.75) is 11.3 Å². The molecule has 0 aromatic heterocycles. The van der Waals surface area contributed by atoms with E-state index >= 15 is 0 Å². The quantitative estimate of drug-likeness (QED) is 0.902. The van der Waals surface area contributed by atoms with Crippen LogP contribution >= 0.6 is 11.8 Å². The molecule has 21 heavy (non-hydrogen) atoms. The van der Waals surface area contributed by atoms with Gasteiger partial charge >= 0.3 is 0 Å². The Balaban J connectivity index is 2.01. The van der Waals surface area contributed by atoms with E-state index in [1.165, 1.54) is 11.8 Å². The number of ether oxygens (including phenoxy) is 2. The highest BCUT2D eigenvalue weighted by Gasteiger charge is 2.49. The SMILES string of the molecule is COc1ccc(N2C(=N)SC3CS(=O)(=O)CC32)c(OC)c1. The van der Waals surface area contributed by atoms with Crippen LogP contribution in [0.3, 0.4) is 0 Å². The van der Waals surface area contributed by atoms with E-state index in [4.69, 9.17) is 14.9 Å². The first-order valence-electron chi connectivity index (χ1n) is 6.42. The number of nitrogens with zero attached hydrogens (tertiary/aromatic N) is 1. The van der Waals surface area contributed by atoms with Crippen LogP contribution in [0.4, 0.5) is 5.69 Å². The number of thioether (sulfide) groups is 1. The Labute approximate surface area is 127 Å². The summed E-state index contributed by atoms with van der Waals surface area (Å²) in [6.45, 7) is 0. The van der Waals surface area contributed by atoms with Gasteiger partial charge in [0.25, 0.3) is 0 Å². The van der Waals surface area contributed by atoms with Crippen LogP contribution in [0.2, 0.25) is 0 Å². The lowest BCUT2D eigenvalue weighted by Gasteiger charge is -2.25. The smallest absolute Gasteiger partial charge is 0.161 e. The van der Waals surface area contributed by atoms with E-state index in [1.807, 2.05) is 0 Å². The van der Waals surface area contributed by atoms with Crippen LogP contribution in [-0.4, -0.2) is 50.6 Å². The molecular formula is C13H16N2O4S2. The molecule has 2 atom stereocenters. The number of fused-ring (bicyclic) bond motifs is 1. The maximum absolute atomic E-state index is 11.8. The topological polar surface area (TPSA) is 79.7 Å². The minimum atomic E-state index is -3.03. The normalized spacial score (nSPS) is 26.8. The van der Waals surface area contributed by atoms with Crippen molar-refractivity contribution in [1.29, 1.82) is 5.41 Å². The first kappa shape index (κ1) is 14.5. The predicted octanol–water partition coefficient (Wildman–Crippen LogP) is 1.36. The average Bonchev–Trinajstić information content (AvgIpc) is 2.88. The number of methoxy groups -OCH3 is 2. The molecule has 6 nitrogen and oxygen atoms in total. The van der Waals surface area contributed by atoms with E-state index in [0.717, 1.165) is 0 Å². The van der Waals surface area contributed by atoms with Crippen LogP contribution in [0.5, 0.6) is 11.5 Å². The molecule has 0 aliphatic carbocycles. The molecule has 1 aromatic rings. The Hall–Kier alpha value is -1.41. The number of hydrogen-bond donors (Lipinski definition) is 1. The second-order valence-corrected chi connectivity index (χ2v) is 8.40. The summed E-state index contributed by atoms with van der Waals surface area (Å²) in [5.41, 5.74) is 0.709. The van der Waals surface area contributed by atoms with Crippen LogP contribution in [0, 0.1) is 5.41 Å². The van der Waals surface area contributed by atoms with E-state index in [2.05, 4.69) is 0 Å². The first-order chi connectivity index (χ1) is 9.95. The molecule has 114 valence electrons. The van der Waals surface area contributed by atoms with Gasteiger partial charge in [0, 0.05) is 11.3 Å². The molecule has 2 unspecified atom stereocenters. The van der Waals surface area contributed by atoms with Crippen molar-refractivity contribution in [1.82, 2.24) is 0 Å². The number of anilines is 1. The lowest BCUT2D eigenvalue weighted by molar-refractivity contribution is 0.394. The zero-order valence-electron chi connectivity index (χ0n) is 11.7. The predicted molar refractivity (Wildman–Crippen MR) is 83.6 cm³/mol. The van der Waals surface area contributed by atoms with Crippen molar-refractivity contribution in [2.24, 2.45) is 0 Å². The lowest BCUT2D eigenvalue weighted by atomic mass is 10.2. The van der Waals surface area contributed by atoms with Gasteiger partial charge in [0.2, 0.25) is 0 Å². The molecule has 0 saturated carbocycles. The summed E-state index contributed by atoms with van der Waals surface area (Å²) in [7, 11) is 0.0939. The van der Waals surface area contributed by atoms with Crippen LogP contribution in [0.25, 0.3) is 0 Å². The van der Waals surface area contributed by atoms with Crippen LogP contribution in [-0.2, 0) is 9.84 Å². The van der Waals surface area contributed by atoms with Crippen molar-refractivity contribution in [3.8, 4) is 11.5 Å². The Kier molecular flexibility index (Phi) is 3.53. The highest BCUT2D eigenvalue weighted by Crippen LogP contribution is 2.44. The second kappa shape index (κ2) is 5.10. The molecule has 0 amide bonds. The first-order valence-corrected chi connectivity index (χ1v) is 9.12. The number of amidine groups is 1. The van der Waals surface area contributed by atoms with Gasteiger partial charge in [-0.1, -0.05) is 11.8 Å². The summed E-state index contributed by atoms with van der Waals surface area (Å²) in [4.78, 5) is 1.76. The summed E-state index contributed by atoms with van der Waals surface area (Å²) >= 11 is 1.31. The van der Waals surface area contributed by atoms with Crippen molar-refractivity contribution >= 4 is 32.5 Å². The number of nitrogens with one attached hydrogen (secondary N) is 1. The summed E-state index contributed by atoms with van der Waals surface area (Å²) in [6.07, 6.45) is 0. The highest BCUT2D eigenvalue weighted by molar-refractivity contribution is 8.15. The average molecular weight is 328 g/mol. The van der Waals surface area contributed by atoms with Crippen molar-refractivity contribution in [3.63, 3.8) is 0 Å². The van der Waals surface area contributed by atoms with Gasteiger partial charge in [0.05, 0.1) is 37.5 Å². The van der Waals surface area contributed by atoms with Gasteiger partial charge in [-0.2, -0.15) is 0 Å². The molecule has 1 aromatic carbocycles. The molecule has 0 bridgehead atoms. The van der Waals surface area contributed by atoms with Crippen LogP contribution < -0.4 is 14.4 Å². The maximum atomic E-state index is 11.8. The van der Waals surface area contributed by atoms with Crippen molar-refractivity contribution in [2.75, 3.05) is 30.6 Å². The third-order valence-electron chi connectivity index (χ3n) is 3.73. The van der Waals surface area contributed by atoms with Crippen LogP contribution in [0.1, 0.15) is 0 Å². The van der Waals surface area contributed by atoms with E-state index in [0.29, 0.717) is 22.4 Å². The Morgan fingerprint density at radius 3 is 2.71 bits per heavy atom. The van der Waals surface area contributed by atoms with Crippen LogP contribution in [0.15, 0.2) is 18.2 Å². The third-order valence-corrected chi connectivity index (χ3v) is 6.86. The summed E-state index contributed by atoms with van der Waals surface area (Å²) < 4.78 is 34.2. The molecule has 2 saturated heterocycles. The van der Waals surface area contributed by atoms with Crippen molar-refractivity contribution in [3.05, 3.63) is 18.2 Å². The van der Waals surface area contributed by atoms with E-state index in [1.54, 1.807) is 37.3 Å². The molecule has 0 spiro atoms. The monoisotopic (exact) mass is 328 g/mol. The molecule has 3 rings (SSSR count). The van der Waals surface area contributed by atoms with Gasteiger partial charge in [-0.15, -0.1) is 0 Å². The zero-order chi connectivity index (χ0) is 15.2. The summed E-state index contributed by atoms with van der Waals surface area (Å²) in [5.74, 6) is 1.45. The molecule has 2 aliphatic rings. The maximum Gasteiger partial charge on any atom is 0.161 e. The molecule has 2 heterocycles. The van der Waals surface area contributed by atoms with Crippen molar-refractivity contribution < 1.29 is 17.9 Å². The number of benzene rings is 1. The van der Waals surface area contributed by atoms with Gasteiger partial charge < -0.3 is 14.4 Å². The summed E-state index contributed by atoms with van der Waals surface area (Å²) in [5, 5.41) is 8.44. The Morgan fingerprint density at radius 2 is 2.05 bits per heavy atom. The second-order valence-electron chi connectivity index (χ2n) is 5.01. The fourth-order valence-corrected chi connectivity index (χ4v) is 6.56. The molecule has 0 radical (unpaired) electrons. The summed E-state index contributed by atoms with van der Waals surface area (Å²) in [6, 6.07) is 5.13. The largest absolute Gasteiger partial charge is 0.497 e. The molecular weight excluding hydrogens is 312 g/mol. The highest BCUT2D eigenvalue weighted by atomic mass is 32.2. The van der Waals surface area contributed by atoms with E-state index in [9.17, 15) is 8.42 Å².